The molecule has 0 unspecified atom stereocenters. The number of hydrogen-bond acceptors (Lipinski definition) is 6. The smallest absolute Gasteiger partial charge is 0.246 e. The van der Waals surface area contributed by atoms with Crippen molar-refractivity contribution in [3.05, 3.63) is 42.7 Å². The van der Waals surface area contributed by atoms with E-state index in [1.54, 1.807) is 12.4 Å². The highest BCUT2D eigenvalue weighted by Crippen LogP contribution is 2.33. The molecule has 4 aromatic heterocycles. The highest BCUT2D eigenvalue weighted by Gasteiger charge is 2.26. The van der Waals surface area contributed by atoms with Gasteiger partial charge in [-0.1, -0.05) is 19.8 Å². The zero-order valence-corrected chi connectivity index (χ0v) is 21.8. The first-order valence-corrected chi connectivity index (χ1v) is 13.5. The lowest BCUT2D eigenvalue weighted by atomic mass is 9.90. The summed E-state index contributed by atoms with van der Waals surface area (Å²) >= 11 is 0. The summed E-state index contributed by atoms with van der Waals surface area (Å²) in [5.74, 6) is 0.0197. The average molecular weight is 523 g/mol. The number of rotatable bonds is 12. The van der Waals surface area contributed by atoms with E-state index in [1.807, 2.05) is 12.3 Å². The number of fused-ring (bicyclic) bond motifs is 2. The highest BCUT2D eigenvalue weighted by atomic mass is 19.1. The van der Waals surface area contributed by atoms with Crippen LogP contribution in [-0.2, 0) is 14.3 Å². The Labute approximate surface area is 221 Å². The van der Waals surface area contributed by atoms with Crippen molar-refractivity contribution in [3.8, 4) is 11.4 Å². The number of nitrogens with one attached hydrogen (secondary N) is 2. The predicted octanol–water partition coefficient (Wildman–Crippen LogP) is 4.94. The van der Waals surface area contributed by atoms with Crippen LogP contribution in [0.5, 0.6) is 0 Å². The zero-order valence-electron chi connectivity index (χ0n) is 21.8. The monoisotopic (exact) mass is 522 g/mol. The average Bonchev–Trinajstić information content (AvgIpc) is 3.54. The lowest BCUT2D eigenvalue weighted by Gasteiger charge is -2.31. The summed E-state index contributed by atoms with van der Waals surface area (Å²) in [5.41, 5.74) is 2.13. The fourth-order valence-electron chi connectivity index (χ4n) is 5.18. The molecule has 1 aliphatic carbocycles. The Kier molecular flexibility index (Phi) is 8.60. The van der Waals surface area contributed by atoms with Gasteiger partial charge in [-0.2, -0.15) is 0 Å². The van der Waals surface area contributed by atoms with E-state index in [0.29, 0.717) is 35.6 Å². The van der Waals surface area contributed by atoms with Crippen molar-refractivity contribution >= 4 is 28.0 Å². The number of H-pyrrole nitrogens is 1. The van der Waals surface area contributed by atoms with Crippen LogP contribution < -0.4 is 5.32 Å². The van der Waals surface area contributed by atoms with E-state index in [4.69, 9.17) is 14.5 Å². The minimum absolute atomic E-state index is 0.0442. The number of pyridine rings is 1. The van der Waals surface area contributed by atoms with Crippen LogP contribution >= 0.6 is 0 Å². The van der Waals surface area contributed by atoms with Gasteiger partial charge in [-0.3, -0.25) is 4.79 Å². The maximum atomic E-state index is 13.8. The molecule has 0 radical (unpaired) electrons. The topological polar surface area (TPSA) is 107 Å². The van der Waals surface area contributed by atoms with Gasteiger partial charge in [0, 0.05) is 53.6 Å². The van der Waals surface area contributed by atoms with Crippen molar-refractivity contribution in [2.24, 2.45) is 0 Å². The molecule has 4 aromatic rings. The summed E-state index contributed by atoms with van der Waals surface area (Å²) in [6, 6.07) is 3.74. The van der Waals surface area contributed by atoms with Crippen LogP contribution in [-0.4, -0.2) is 62.9 Å². The van der Waals surface area contributed by atoms with Gasteiger partial charge in [0.1, 0.15) is 23.7 Å². The number of unbranched alkanes of at least 4 members (excludes halogenated alkanes) is 2. The van der Waals surface area contributed by atoms with Crippen LogP contribution in [0.4, 0.5) is 4.39 Å². The molecular weight excluding hydrogens is 487 g/mol. The van der Waals surface area contributed by atoms with Crippen molar-refractivity contribution in [2.75, 3.05) is 26.4 Å². The number of carbonyl (C=O) groups is 1. The molecule has 2 N–H and O–H groups in total. The summed E-state index contributed by atoms with van der Waals surface area (Å²) in [7, 11) is 0. The fraction of sp³-hybridized carbons (Fsp3) is 0.500. The standard InChI is InChI=1S/C28H35FN6O3/c1-2-3-4-10-37-11-12-38-18-25(36)33-21-6-5-7-22(14-21)35-9-8-19-15-30-27(34-28(19)35)24-17-32-26-23(24)13-20(29)16-31-26/h8-9,13,15-17,21-22H,2-7,10-12,14,18H2,1H3,(H,31,32)(H,33,36)/t21-,22+/m1/s1. The van der Waals surface area contributed by atoms with Gasteiger partial charge in [0.2, 0.25) is 5.91 Å². The molecule has 10 heteroatoms. The lowest BCUT2D eigenvalue weighted by Crippen LogP contribution is -2.40. The third-order valence-electron chi connectivity index (χ3n) is 7.10. The van der Waals surface area contributed by atoms with Crippen LogP contribution in [0.1, 0.15) is 57.9 Å². The van der Waals surface area contributed by atoms with E-state index in [0.717, 1.165) is 49.7 Å². The molecule has 0 aromatic carbocycles. The van der Waals surface area contributed by atoms with Crippen molar-refractivity contribution in [3.63, 3.8) is 0 Å². The minimum atomic E-state index is -0.403. The summed E-state index contributed by atoms with van der Waals surface area (Å²) in [4.78, 5) is 29.0. The molecule has 1 amide bonds. The Morgan fingerprint density at radius 2 is 2.08 bits per heavy atom. The molecule has 0 bridgehead atoms. The molecule has 5 rings (SSSR count). The first-order chi connectivity index (χ1) is 18.6. The molecule has 38 heavy (non-hydrogen) atoms. The second-order valence-corrected chi connectivity index (χ2v) is 9.90. The zero-order chi connectivity index (χ0) is 26.3. The van der Waals surface area contributed by atoms with Gasteiger partial charge in [0.05, 0.1) is 19.4 Å². The third kappa shape index (κ3) is 6.19. The summed E-state index contributed by atoms with van der Waals surface area (Å²) in [6.07, 6.45) is 14.0. The number of aromatic amines is 1. The Morgan fingerprint density at radius 3 is 2.97 bits per heavy atom. The maximum absolute atomic E-state index is 13.8. The Hall–Kier alpha value is -3.37. The van der Waals surface area contributed by atoms with Crippen molar-refractivity contribution in [1.82, 2.24) is 29.8 Å². The van der Waals surface area contributed by atoms with Gasteiger partial charge in [-0.15, -0.1) is 0 Å². The number of ether oxygens (including phenoxy) is 2. The first-order valence-electron chi connectivity index (χ1n) is 13.5. The molecule has 4 heterocycles. The number of halogens is 1. The number of amides is 1. The van der Waals surface area contributed by atoms with E-state index in [1.165, 1.54) is 25.1 Å². The largest absolute Gasteiger partial charge is 0.379 e. The Morgan fingerprint density at radius 1 is 1.18 bits per heavy atom. The van der Waals surface area contributed by atoms with Crippen molar-refractivity contribution in [2.45, 2.75) is 64.0 Å². The number of carbonyl (C=O) groups excluding carboxylic acids is 1. The molecule has 0 aliphatic heterocycles. The summed E-state index contributed by atoms with van der Waals surface area (Å²) < 4.78 is 27.0. The molecule has 0 spiro atoms. The van der Waals surface area contributed by atoms with Crippen LogP contribution in [0.2, 0.25) is 0 Å². The van der Waals surface area contributed by atoms with Crippen LogP contribution in [0, 0.1) is 5.82 Å². The molecule has 2 atom stereocenters. The summed E-state index contributed by atoms with van der Waals surface area (Å²) in [5, 5.41) is 4.73. The molecular formula is C28H35FN6O3. The molecule has 1 fully saturated rings. The number of nitrogens with zero attached hydrogens (tertiary/aromatic N) is 4. The SMILES string of the molecule is CCCCCOCCOCC(=O)N[C@@H]1CCC[C@H](n2ccc3cnc(-c4c[nH]c5ncc(F)cc45)nc32)C1. The lowest BCUT2D eigenvalue weighted by molar-refractivity contribution is -0.127. The second-order valence-electron chi connectivity index (χ2n) is 9.90. The van der Waals surface area contributed by atoms with E-state index >= 15 is 0 Å². The molecule has 1 saturated carbocycles. The quantitative estimate of drug-likeness (QED) is 0.255. The molecule has 0 saturated heterocycles. The predicted molar refractivity (Wildman–Crippen MR) is 143 cm³/mol. The maximum Gasteiger partial charge on any atom is 0.246 e. The van der Waals surface area contributed by atoms with Gasteiger partial charge >= 0.3 is 0 Å². The Bertz CT molecular complexity index is 1370. The van der Waals surface area contributed by atoms with Crippen LogP contribution in [0.25, 0.3) is 33.5 Å². The normalized spacial score (nSPS) is 17.8. The van der Waals surface area contributed by atoms with Gasteiger partial charge in [0.15, 0.2) is 5.82 Å². The Balaban J connectivity index is 1.20. The van der Waals surface area contributed by atoms with E-state index in [9.17, 15) is 9.18 Å². The fourth-order valence-corrected chi connectivity index (χ4v) is 5.18. The van der Waals surface area contributed by atoms with Crippen LogP contribution in [0.15, 0.2) is 36.9 Å². The van der Waals surface area contributed by atoms with Gasteiger partial charge < -0.3 is 24.3 Å². The minimum Gasteiger partial charge on any atom is -0.379 e. The first kappa shape index (κ1) is 26.2. The second kappa shape index (κ2) is 12.4. The number of aromatic nitrogens is 5. The highest BCUT2D eigenvalue weighted by molar-refractivity contribution is 5.92. The molecule has 202 valence electrons. The van der Waals surface area contributed by atoms with Crippen LogP contribution in [0.3, 0.4) is 0 Å². The number of hydrogen-bond donors (Lipinski definition) is 2. The van der Waals surface area contributed by atoms with E-state index in [2.05, 4.69) is 31.8 Å². The van der Waals surface area contributed by atoms with E-state index < -0.39 is 5.82 Å². The van der Waals surface area contributed by atoms with Crippen molar-refractivity contribution < 1.29 is 18.7 Å². The molecule has 9 nitrogen and oxygen atoms in total. The molecule has 1 aliphatic rings. The summed E-state index contributed by atoms with van der Waals surface area (Å²) in [6.45, 7) is 3.88. The van der Waals surface area contributed by atoms with Gasteiger partial charge in [0.25, 0.3) is 0 Å². The van der Waals surface area contributed by atoms with Gasteiger partial charge in [-0.05, 0) is 44.2 Å². The van der Waals surface area contributed by atoms with E-state index in [-0.39, 0.29) is 24.6 Å². The van der Waals surface area contributed by atoms with Gasteiger partial charge in [-0.25, -0.2) is 19.3 Å². The third-order valence-corrected chi connectivity index (χ3v) is 7.10. The van der Waals surface area contributed by atoms with Crippen molar-refractivity contribution in [1.29, 1.82) is 0 Å².